The van der Waals surface area contributed by atoms with E-state index in [1.807, 2.05) is 22.6 Å². The number of esters is 1. The monoisotopic (exact) mass is 556 g/mol. The van der Waals surface area contributed by atoms with Crippen molar-refractivity contribution in [3.05, 3.63) is 26.6 Å². The minimum Gasteiger partial charge on any atom is -0.506 e. The predicted molar refractivity (Wildman–Crippen MR) is 92.6 cm³/mol. The molecular weight excluding hydrogens is 547 g/mol. The number of phenolic OH excluding ortho intramolecular Hbond substituents is 1. The van der Waals surface area contributed by atoms with Crippen molar-refractivity contribution in [2.24, 2.45) is 5.92 Å². The average molecular weight is 558 g/mol. The van der Waals surface area contributed by atoms with E-state index in [1.54, 1.807) is 6.07 Å². The Morgan fingerprint density at radius 1 is 1.38 bits per heavy atom. The topological polar surface area (TPSA) is 101 Å². The molecule has 0 amide bonds. The molecule has 1 rings (SSSR count). The van der Waals surface area contributed by atoms with Crippen molar-refractivity contribution in [2.45, 2.75) is 0 Å². The second-order valence-corrected chi connectivity index (χ2v) is 8.30. The van der Waals surface area contributed by atoms with Gasteiger partial charge >= 0.3 is 5.97 Å². The van der Waals surface area contributed by atoms with Crippen LogP contribution in [-0.2, 0) is 14.9 Å². The van der Waals surface area contributed by atoms with Gasteiger partial charge in [0.05, 0.1) is 16.8 Å². The third-order valence-electron chi connectivity index (χ3n) is 2.36. The van der Waals surface area contributed by atoms with E-state index in [0.717, 1.165) is 0 Å². The molecule has 1 aromatic rings. The second-order valence-electron chi connectivity index (χ2n) is 4.15. The molecule has 0 radical (unpaired) electrons. The number of halogens is 3. The lowest BCUT2D eigenvalue weighted by molar-refractivity contribution is 0.0459. The van der Waals surface area contributed by atoms with Crippen LogP contribution >= 0.6 is 54.5 Å². The molecule has 0 saturated carbocycles. The first kappa shape index (κ1) is 19.1. The van der Waals surface area contributed by atoms with Gasteiger partial charge < -0.3 is 9.84 Å². The predicted octanol–water partition coefficient (Wildman–Crippen LogP) is 3.01. The fraction of sp³-hybridized carbons (Fsp3) is 0.364. The SMILES string of the molecule is O=C(OCC(CI)CS(=O)(=O)O)c1cc(Br)cc(Br)c1O. The Kier molecular flexibility index (Phi) is 7.37. The van der Waals surface area contributed by atoms with Crippen LogP contribution in [0.4, 0.5) is 0 Å². The maximum atomic E-state index is 11.9. The summed E-state index contributed by atoms with van der Waals surface area (Å²) >= 11 is 8.22. The number of benzene rings is 1. The van der Waals surface area contributed by atoms with E-state index in [0.29, 0.717) is 13.4 Å². The molecule has 118 valence electrons. The van der Waals surface area contributed by atoms with E-state index >= 15 is 0 Å². The first-order valence-electron chi connectivity index (χ1n) is 5.50. The first-order chi connectivity index (χ1) is 9.64. The smallest absolute Gasteiger partial charge is 0.342 e. The van der Waals surface area contributed by atoms with Crippen molar-refractivity contribution in [1.82, 2.24) is 0 Å². The van der Waals surface area contributed by atoms with E-state index in [2.05, 4.69) is 31.9 Å². The molecule has 0 aliphatic heterocycles. The van der Waals surface area contributed by atoms with Crippen LogP contribution in [0.15, 0.2) is 21.1 Å². The summed E-state index contributed by atoms with van der Waals surface area (Å²) in [4.78, 5) is 11.9. The fourth-order valence-electron chi connectivity index (χ4n) is 1.43. The minimum atomic E-state index is -4.13. The summed E-state index contributed by atoms with van der Waals surface area (Å²) in [6.45, 7) is -0.175. The summed E-state index contributed by atoms with van der Waals surface area (Å²) < 4.78 is 36.7. The summed E-state index contributed by atoms with van der Waals surface area (Å²) in [5.74, 6) is -2.05. The molecule has 0 aliphatic rings. The van der Waals surface area contributed by atoms with Gasteiger partial charge in [-0.2, -0.15) is 8.42 Å². The Bertz CT molecular complexity index is 634. The molecule has 0 aliphatic carbocycles. The average Bonchev–Trinajstić information content (AvgIpc) is 2.37. The highest BCUT2D eigenvalue weighted by Gasteiger charge is 2.21. The van der Waals surface area contributed by atoms with Crippen molar-refractivity contribution in [2.75, 3.05) is 16.8 Å². The Hall–Kier alpha value is 0.0900. The molecule has 0 heterocycles. The van der Waals surface area contributed by atoms with E-state index in [4.69, 9.17) is 9.29 Å². The zero-order valence-electron chi connectivity index (χ0n) is 10.4. The molecule has 21 heavy (non-hydrogen) atoms. The molecule has 1 atom stereocenters. The van der Waals surface area contributed by atoms with Crippen molar-refractivity contribution in [3.63, 3.8) is 0 Å². The molecule has 0 bridgehead atoms. The van der Waals surface area contributed by atoms with Crippen molar-refractivity contribution in [3.8, 4) is 5.75 Å². The van der Waals surface area contributed by atoms with Crippen LogP contribution in [0.25, 0.3) is 0 Å². The van der Waals surface area contributed by atoms with E-state index in [9.17, 15) is 18.3 Å². The molecule has 0 fully saturated rings. The van der Waals surface area contributed by atoms with Gasteiger partial charge in [0, 0.05) is 14.8 Å². The summed E-state index contributed by atoms with van der Waals surface area (Å²) in [6, 6.07) is 2.96. The van der Waals surface area contributed by atoms with Gasteiger partial charge in [-0.15, -0.1) is 0 Å². The summed E-state index contributed by atoms with van der Waals surface area (Å²) in [7, 11) is -4.13. The lowest BCUT2D eigenvalue weighted by Gasteiger charge is -2.13. The zero-order valence-corrected chi connectivity index (χ0v) is 16.6. The van der Waals surface area contributed by atoms with Crippen LogP contribution in [0.5, 0.6) is 5.75 Å². The molecule has 6 nitrogen and oxygen atoms in total. The normalized spacial score (nSPS) is 13.0. The molecule has 2 N–H and O–H groups in total. The summed E-state index contributed by atoms with van der Waals surface area (Å²) in [6.07, 6.45) is 0. The number of hydrogen-bond acceptors (Lipinski definition) is 5. The summed E-state index contributed by atoms with van der Waals surface area (Å²) in [5, 5.41) is 9.80. The Morgan fingerprint density at radius 2 is 2.00 bits per heavy atom. The number of alkyl halides is 1. The Balaban J connectivity index is 2.78. The number of carbonyl (C=O) groups is 1. The van der Waals surface area contributed by atoms with E-state index in [-0.39, 0.29) is 17.9 Å². The van der Waals surface area contributed by atoms with Gasteiger partial charge in [-0.1, -0.05) is 38.5 Å². The number of carbonyl (C=O) groups excluding carboxylic acids is 1. The third kappa shape index (κ3) is 6.38. The summed E-state index contributed by atoms with van der Waals surface area (Å²) in [5.41, 5.74) is -0.0460. The van der Waals surface area contributed by atoms with Crippen molar-refractivity contribution < 1.29 is 27.6 Å². The third-order valence-corrected chi connectivity index (χ3v) is 5.56. The van der Waals surface area contributed by atoms with Gasteiger partial charge in [-0.05, 0) is 28.1 Å². The fourth-order valence-corrected chi connectivity index (χ4v) is 4.45. The molecule has 1 aromatic carbocycles. The molecule has 10 heteroatoms. The van der Waals surface area contributed by atoms with Crippen LogP contribution in [0, 0.1) is 5.92 Å². The lowest BCUT2D eigenvalue weighted by atomic mass is 10.2. The van der Waals surface area contributed by atoms with Crippen LogP contribution in [0.1, 0.15) is 10.4 Å². The highest BCUT2D eigenvalue weighted by Crippen LogP contribution is 2.32. The van der Waals surface area contributed by atoms with Crippen LogP contribution in [0.3, 0.4) is 0 Å². The van der Waals surface area contributed by atoms with Crippen molar-refractivity contribution >= 4 is 70.5 Å². The van der Waals surface area contributed by atoms with Crippen LogP contribution in [-0.4, -0.2) is 40.8 Å². The quantitative estimate of drug-likeness (QED) is 0.241. The Morgan fingerprint density at radius 3 is 2.52 bits per heavy atom. The lowest BCUT2D eigenvalue weighted by Crippen LogP contribution is -2.23. The van der Waals surface area contributed by atoms with Crippen molar-refractivity contribution in [1.29, 1.82) is 0 Å². The number of hydrogen-bond donors (Lipinski definition) is 2. The minimum absolute atomic E-state index is 0.0460. The van der Waals surface area contributed by atoms with Gasteiger partial charge in [-0.25, -0.2) is 4.79 Å². The van der Waals surface area contributed by atoms with Gasteiger partial charge in [0.1, 0.15) is 11.3 Å². The molecule has 0 spiro atoms. The van der Waals surface area contributed by atoms with Gasteiger partial charge in [0.2, 0.25) is 0 Å². The number of ether oxygens (including phenoxy) is 1. The second kappa shape index (κ2) is 8.09. The molecule has 0 aromatic heterocycles. The molecule has 1 unspecified atom stereocenters. The van der Waals surface area contributed by atoms with Gasteiger partial charge in [0.25, 0.3) is 10.1 Å². The highest BCUT2D eigenvalue weighted by molar-refractivity contribution is 14.1. The van der Waals surface area contributed by atoms with Gasteiger partial charge in [0.15, 0.2) is 0 Å². The first-order valence-corrected chi connectivity index (χ1v) is 10.2. The van der Waals surface area contributed by atoms with Crippen LogP contribution < -0.4 is 0 Å². The number of aromatic hydroxyl groups is 1. The highest BCUT2D eigenvalue weighted by atomic mass is 127. The van der Waals surface area contributed by atoms with E-state index in [1.165, 1.54) is 6.07 Å². The Labute approximate surface area is 152 Å². The largest absolute Gasteiger partial charge is 0.506 e. The zero-order chi connectivity index (χ0) is 16.2. The number of rotatable bonds is 6. The van der Waals surface area contributed by atoms with E-state index < -0.39 is 27.8 Å². The van der Waals surface area contributed by atoms with Gasteiger partial charge in [-0.3, -0.25) is 4.55 Å². The maximum absolute atomic E-state index is 11.9. The number of phenols is 1. The standard InChI is InChI=1S/C11H11Br2IO6S/c12-7-1-8(10(15)9(13)2-7)11(16)20-4-6(3-14)5-21(17,18)19/h1-2,6,15H,3-5H2,(H,17,18,19). The molecular formula is C11H11Br2IO6S. The molecule has 0 saturated heterocycles. The maximum Gasteiger partial charge on any atom is 0.342 e. The van der Waals surface area contributed by atoms with Crippen LogP contribution in [0.2, 0.25) is 0 Å².